The molecule has 0 spiro atoms. The van der Waals surface area contributed by atoms with Crippen LogP contribution >= 0.6 is 0 Å². The first-order valence-corrected chi connectivity index (χ1v) is 9.19. The summed E-state index contributed by atoms with van der Waals surface area (Å²) < 4.78 is 14.7. The number of hydrogen-bond acceptors (Lipinski definition) is 5. The van der Waals surface area contributed by atoms with Gasteiger partial charge < -0.3 is 4.90 Å². The SMILES string of the molecule is Cc1c(C(=O)N2CCCC2c2ccc(F)cc2)nnn1-c1cccc([N+](=O)[O-])c1. The number of hydrogen-bond donors (Lipinski definition) is 0. The second-order valence-electron chi connectivity index (χ2n) is 6.92. The zero-order valence-electron chi connectivity index (χ0n) is 15.7. The quantitative estimate of drug-likeness (QED) is 0.497. The lowest BCUT2D eigenvalue weighted by Crippen LogP contribution is -2.31. The van der Waals surface area contributed by atoms with E-state index in [1.54, 1.807) is 36.1 Å². The molecule has 1 unspecified atom stereocenters. The monoisotopic (exact) mass is 395 g/mol. The number of aromatic nitrogens is 3. The molecule has 2 aromatic carbocycles. The third-order valence-electron chi connectivity index (χ3n) is 5.15. The Labute approximate surface area is 165 Å². The molecule has 0 bridgehead atoms. The summed E-state index contributed by atoms with van der Waals surface area (Å²) in [4.78, 5) is 25.4. The molecule has 1 fully saturated rings. The molecular weight excluding hydrogens is 377 g/mol. The second-order valence-corrected chi connectivity index (χ2v) is 6.92. The van der Waals surface area contributed by atoms with E-state index in [9.17, 15) is 19.3 Å². The standard InChI is InChI=1S/C20H18FN5O3/c1-13-19(22-23-25(13)16-4-2-5-17(12-16)26(28)29)20(27)24-11-3-6-18(24)14-7-9-15(21)10-8-14/h2,4-5,7-10,12,18H,3,6,11H2,1H3. The molecule has 0 N–H and O–H groups in total. The number of nitrogens with zero attached hydrogens (tertiary/aromatic N) is 5. The Balaban J connectivity index is 1.64. The molecule has 0 aliphatic carbocycles. The first-order chi connectivity index (χ1) is 14.0. The van der Waals surface area contributed by atoms with E-state index in [1.807, 2.05) is 0 Å². The number of benzene rings is 2. The molecule has 2 heterocycles. The zero-order chi connectivity index (χ0) is 20.5. The summed E-state index contributed by atoms with van der Waals surface area (Å²) in [6.45, 7) is 2.28. The predicted octanol–water partition coefficient (Wildman–Crippen LogP) is 3.60. The molecule has 9 heteroatoms. The lowest BCUT2D eigenvalue weighted by molar-refractivity contribution is -0.384. The Bertz CT molecular complexity index is 1080. The normalized spacial score (nSPS) is 16.2. The first-order valence-electron chi connectivity index (χ1n) is 9.19. The molecule has 4 rings (SSSR count). The van der Waals surface area contributed by atoms with Crippen molar-refractivity contribution in [2.24, 2.45) is 0 Å². The van der Waals surface area contributed by atoms with Crippen molar-refractivity contribution < 1.29 is 14.1 Å². The molecule has 29 heavy (non-hydrogen) atoms. The van der Waals surface area contributed by atoms with Gasteiger partial charge in [0, 0.05) is 18.7 Å². The van der Waals surface area contributed by atoms with Crippen molar-refractivity contribution in [3.63, 3.8) is 0 Å². The summed E-state index contributed by atoms with van der Waals surface area (Å²) in [7, 11) is 0. The van der Waals surface area contributed by atoms with Gasteiger partial charge in [-0.3, -0.25) is 14.9 Å². The largest absolute Gasteiger partial charge is 0.330 e. The number of halogens is 1. The van der Waals surface area contributed by atoms with Crippen LogP contribution in [0, 0.1) is 22.9 Å². The number of carbonyl (C=O) groups is 1. The minimum absolute atomic E-state index is 0.0683. The molecule has 148 valence electrons. The van der Waals surface area contributed by atoms with Crippen LogP contribution in [-0.4, -0.2) is 37.3 Å². The van der Waals surface area contributed by atoms with E-state index in [-0.39, 0.29) is 29.1 Å². The molecule has 8 nitrogen and oxygen atoms in total. The average Bonchev–Trinajstić information content (AvgIpc) is 3.35. The van der Waals surface area contributed by atoms with Gasteiger partial charge in [-0.15, -0.1) is 5.10 Å². The summed E-state index contributed by atoms with van der Waals surface area (Å²) >= 11 is 0. The minimum Gasteiger partial charge on any atom is -0.330 e. The van der Waals surface area contributed by atoms with Gasteiger partial charge in [0.1, 0.15) is 5.82 Å². The molecular formula is C20H18FN5O3. The Morgan fingerprint density at radius 3 is 2.72 bits per heavy atom. The molecule has 0 radical (unpaired) electrons. The summed E-state index contributed by atoms with van der Waals surface area (Å²) in [5, 5.41) is 19.1. The van der Waals surface area contributed by atoms with Crippen LogP contribution in [0.5, 0.6) is 0 Å². The van der Waals surface area contributed by atoms with Crippen LogP contribution in [0.4, 0.5) is 10.1 Å². The highest BCUT2D eigenvalue weighted by atomic mass is 19.1. The molecule has 1 atom stereocenters. The van der Waals surface area contributed by atoms with Crippen molar-refractivity contribution in [3.8, 4) is 5.69 Å². The maximum atomic E-state index is 13.2. The van der Waals surface area contributed by atoms with E-state index in [0.29, 0.717) is 17.9 Å². The van der Waals surface area contributed by atoms with Gasteiger partial charge in [-0.05, 0) is 43.5 Å². The Morgan fingerprint density at radius 2 is 2.00 bits per heavy atom. The summed E-state index contributed by atoms with van der Waals surface area (Å²) in [5.41, 5.74) is 1.97. The van der Waals surface area contributed by atoms with Gasteiger partial charge in [0.15, 0.2) is 5.69 Å². The van der Waals surface area contributed by atoms with Crippen LogP contribution in [-0.2, 0) is 0 Å². The summed E-state index contributed by atoms with van der Waals surface area (Å²) in [6.07, 6.45) is 1.63. The third-order valence-corrected chi connectivity index (χ3v) is 5.15. The maximum Gasteiger partial charge on any atom is 0.276 e. The van der Waals surface area contributed by atoms with Gasteiger partial charge in [-0.2, -0.15) is 0 Å². The second kappa shape index (κ2) is 7.42. The summed E-state index contributed by atoms with van der Waals surface area (Å²) in [6, 6.07) is 12.0. The predicted molar refractivity (Wildman–Crippen MR) is 102 cm³/mol. The van der Waals surface area contributed by atoms with Crippen LogP contribution in [0.1, 0.15) is 40.6 Å². The van der Waals surface area contributed by atoms with E-state index >= 15 is 0 Å². The number of carbonyl (C=O) groups excluding carboxylic acids is 1. The van der Waals surface area contributed by atoms with Crippen LogP contribution in [0.3, 0.4) is 0 Å². The van der Waals surface area contributed by atoms with Crippen LogP contribution < -0.4 is 0 Å². The molecule has 1 aromatic heterocycles. The van der Waals surface area contributed by atoms with Gasteiger partial charge in [0.25, 0.3) is 11.6 Å². The molecule has 1 amide bonds. The van der Waals surface area contributed by atoms with Crippen molar-refractivity contribution in [1.82, 2.24) is 19.9 Å². The van der Waals surface area contributed by atoms with E-state index in [0.717, 1.165) is 18.4 Å². The van der Waals surface area contributed by atoms with E-state index in [2.05, 4.69) is 10.3 Å². The van der Waals surface area contributed by atoms with E-state index in [1.165, 1.54) is 28.9 Å². The highest BCUT2D eigenvalue weighted by Gasteiger charge is 2.33. The van der Waals surface area contributed by atoms with Crippen LogP contribution in [0.15, 0.2) is 48.5 Å². The minimum atomic E-state index is -0.487. The van der Waals surface area contributed by atoms with Gasteiger partial charge in [0.05, 0.1) is 22.3 Å². The van der Waals surface area contributed by atoms with Gasteiger partial charge in [0.2, 0.25) is 0 Å². The lowest BCUT2D eigenvalue weighted by atomic mass is 10.0. The van der Waals surface area contributed by atoms with Crippen molar-refractivity contribution in [2.75, 3.05) is 6.54 Å². The fourth-order valence-electron chi connectivity index (χ4n) is 3.69. The van der Waals surface area contributed by atoms with Crippen molar-refractivity contribution in [2.45, 2.75) is 25.8 Å². The number of amides is 1. The zero-order valence-corrected chi connectivity index (χ0v) is 15.7. The van der Waals surface area contributed by atoms with Gasteiger partial charge >= 0.3 is 0 Å². The van der Waals surface area contributed by atoms with Gasteiger partial charge in [-0.1, -0.05) is 23.4 Å². The highest BCUT2D eigenvalue weighted by Crippen LogP contribution is 2.33. The molecule has 3 aromatic rings. The van der Waals surface area contributed by atoms with E-state index in [4.69, 9.17) is 0 Å². The molecule has 0 saturated carbocycles. The number of likely N-dealkylation sites (tertiary alicyclic amines) is 1. The number of non-ortho nitro benzene ring substituents is 1. The summed E-state index contributed by atoms with van der Waals surface area (Å²) in [5.74, 6) is -0.577. The number of nitro benzene ring substituents is 1. The highest BCUT2D eigenvalue weighted by molar-refractivity contribution is 5.93. The fourth-order valence-corrected chi connectivity index (χ4v) is 3.69. The van der Waals surface area contributed by atoms with E-state index < -0.39 is 4.92 Å². The Hall–Kier alpha value is -3.62. The Kier molecular flexibility index (Phi) is 4.79. The number of nitro groups is 1. The molecule has 1 aliphatic rings. The smallest absolute Gasteiger partial charge is 0.276 e. The van der Waals surface area contributed by atoms with Crippen molar-refractivity contribution in [1.29, 1.82) is 0 Å². The number of rotatable bonds is 4. The van der Waals surface area contributed by atoms with Crippen LogP contribution in [0.2, 0.25) is 0 Å². The topological polar surface area (TPSA) is 94.2 Å². The fraction of sp³-hybridized carbons (Fsp3) is 0.250. The van der Waals surface area contributed by atoms with Crippen molar-refractivity contribution in [3.05, 3.63) is 81.4 Å². The lowest BCUT2D eigenvalue weighted by Gasteiger charge is -2.24. The maximum absolute atomic E-state index is 13.2. The van der Waals surface area contributed by atoms with Gasteiger partial charge in [-0.25, -0.2) is 9.07 Å². The Morgan fingerprint density at radius 1 is 1.24 bits per heavy atom. The average molecular weight is 395 g/mol. The third kappa shape index (κ3) is 3.46. The molecule has 1 aliphatic heterocycles. The first kappa shape index (κ1) is 18.7. The molecule has 1 saturated heterocycles. The van der Waals surface area contributed by atoms with Crippen molar-refractivity contribution >= 4 is 11.6 Å². The van der Waals surface area contributed by atoms with Crippen LogP contribution in [0.25, 0.3) is 5.69 Å².